The molecule has 0 bridgehead atoms. The van der Waals surface area contributed by atoms with Gasteiger partial charge in [0.2, 0.25) is 5.90 Å². The van der Waals surface area contributed by atoms with Crippen molar-refractivity contribution in [3.63, 3.8) is 0 Å². The molecule has 0 spiro atoms. The average Bonchev–Trinajstić information content (AvgIpc) is 3.28. The summed E-state index contributed by atoms with van der Waals surface area (Å²) in [5.74, 6) is 0.298. The van der Waals surface area contributed by atoms with E-state index in [-0.39, 0.29) is 34.7 Å². The Morgan fingerprint density at radius 1 is 1.00 bits per heavy atom. The molecule has 0 aromatic heterocycles. The highest BCUT2D eigenvalue weighted by Crippen LogP contribution is 2.38. The molecule has 0 unspecified atom stereocenters. The molecule has 0 saturated carbocycles. The molecule has 4 aromatic carbocycles. The number of rotatable bonds is 8. The van der Waals surface area contributed by atoms with Crippen molar-refractivity contribution in [2.75, 3.05) is 6.61 Å². The number of non-ortho nitro benzene ring substituents is 1. The van der Waals surface area contributed by atoms with Gasteiger partial charge in [0.25, 0.3) is 5.69 Å². The number of hydrogen-bond acceptors (Lipinski definition) is 7. The Hall–Kier alpha value is -4.69. The van der Waals surface area contributed by atoms with E-state index in [9.17, 15) is 14.9 Å². The van der Waals surface area contributed by atoms with Gasteiger partial charge >= 0.3 is 5.97 Å². The number of halogens is 1. The Morgan fingerprint density at radius 3 is 2.61 bits per heavy atom. The summed E-state index contributed by atoms with van der Waals surface area (Å²) in [4.78, 5) is 27.6. The Bertz CT molecular complexity index is 1630. The summed E-state index contributed by atoms with van der Waals surface area (Å²) in [6.07, 6.45) is 1.56. The van der Waals surface area contributed by atoms with Crippen molar-refractivity contribution >= 4 is 46.0 Å². The van der Waals surface area contributed by atoms with Crippen molar-refractivity contribution in [2.45, 2.75) is 13.5 Å². The van der Waals surface area contributed by atoms with E-state index in [0.29, 0.717) is 29.0 Å². The summed E-state index contributed by atoms with van der Waals surface area (Å²) in [7, 11) is 0. The summed E-state index contributed by atoms with van der Waals surface area (Å²) < 4.78 is 17.0. The van der Waals surface area contributed by atoms with Crippen LogP contribution in [0.1, 0.15) is 23.6 Å². The molecule has 0 saturated heterocycles. The maximum absolute atomic E-state index is 12.6. The van der Waals surface area contributed by atoms with Gasteiger partial charge in [0.1, 0.15) is 6.61 Å². The van der Waals surface area contributed by atoms with E-state index in [1.165, 1.54) is 12.1 Å². The first-order valence-electron chi connectivity index (χ1n) is 11.8. The molecule has 5 rings (SSSR count). The van der Waals surface area contributed by atoms with Gasteiger partial charge in [-0.25, -0.2) is 9.79 Å². The number of benzene rings is 4. The van der Waals surface area contributed by atoms with Crippen LogP contribution < -0.4 is 9.47 Å². The van der Waals surface area contributed by atoms with Gasteiger partial charge < -0.3 is 14.2 Å². The fourth-order valence-corrected chi connectivity index (χ4v) is 4.28. The number of cyclic esters (lactones) is 1. The second kappa shape index (κ2) is 10.7. The molecule has 4 aromatic rings. The number of aliphatic imine (C=N–C) groups is 1. The van der Waals surface area contributed by atoms with E-state index in [2.05, 4.69) is 4.99 Å². The van der Waals surface area contributed by atoms with Crippen LogP contribution in [0.3, 0.4) is 0 Å². The molecule has 0 N–H and O–H groups in total. The Kier molecular flexibility index (Phi) is 7.06. The van der Waals surface area contributed by atoms with Gasteiger partial charge in [-0.05, 0) is 59.2 Å². The Balaban J connectivity index is 1.41. The minimum absolute atomic E-state index is 0.0312. The fraction of sp³-hybridized carbons (Fsp3) is 0.103. The van der Waals surface area contributed by atoms with Gasteiger partial charge in [0.05, 0.1) is 16.6 Å². The predicted octanol–water partition coefficient (Wildman–Crippen LogP) is 6.72. The third kappa shape index (κ3) is 5.35. The molecule has 0 atom stereocenters. The Morgan fingerprint density at radius 2 is 1.82 bits per heavy atom. The number of carbonyl (C=O) groups excluding carboxylic acids is 1. The number of nitrogens with zero attached hydrogens (tertiary/aromatic N) is 2. The number of carbonyl (C=O) groups is 1. The summed E-state index contributed by atoms with van der Waals surface area (Å²) >= 11 is 6.53. The molecule has 190 valence electrons. The Labute approximate surface area is 222 Å². The summed E-state index contributed by atoms with van der Waals surface area (Å²) in [6.45, 7) is 2.21. The van der Waals surface area contributed by atoms with Crippen LogP contribution in [0.4, 0.5) is 5.69 Å². The lowest BCUT2D eigenvalue weighted by Crippen LogP contribution is -2.05. The molecule has 0 amide bonds. The first-order valence-corrected chi connectivity index (χ1v) is 12.1. The zero-order valence-electron chi connectivity index (χ0n) is 20.2. The molecular weight excluding hydrogens is 508 g/mol. The molecule has 1 aliphatic rings. The standard InChI is InChI=1S/C29H21ClN2O6/c1-2-36-26-15-19(13-24(30)27(26)37-17-18-6-5-9-23(12-18)32(34)35)14-25-29(33)38-28(31-25)22-11-10-20-7-3-4-8-21(20)16-22/h3-16H,2,17H2,1H3/b25-14-. The highest BCUT2D eigenvalue weighted by Gasteiger charge is 2.25. The lowest BCUT2D eigenvalue weighted by molar-refractivity contribution is -0.384. The van der Waals surface area contributed by atoms with E-state index in [4.69, 9.17) is 25.8 Å². The van der Waals surface area contributed by atoms with Crippen LogP contribution in [-0.2, 0) is 16.1 Å². The largest absolute Gasteiger partial charge is 0.490 e. The van der Waals surface area contributed by atoms with Gasteiger partial charge in [-0.15, -0.1) is 0 Å². The lowest BCUT2D eigenvalue weighted by Gasteiger charge is -2.14. The molecular formula is C29H21ClN2O6. The van der Waals surface area contributed by atoms with Crippen molar-refractivity contribution in [1.82, 2.24) is 0 Å². The lowest BCUT2D eigenvalue weighted by atomic mass is 10.1. The van der Waals surface area contributed by atoms with Gasteiger partial charge in [-0.2, -0.15) is 0 Å². The average molecular weight is 529 g/mol. The minimum atomic E-state index is -0.576. The van der Waals surface area contributed by atoms with E-state index < -0.39 is 10.9 Å². The van der Waals surface area contributed by atoms with Crippen LogP contribution in [0.25, 0.3) is 16.8 Å². The smallest absolute Gasteiger partial charge is 0.363 e. The second-order valence-electron chi connectivity index (χ2n) is 8.38. The summed E-state index contributed by atoms with van der Waals surface area (Å²) in [5.41, 5.74) is 1.95. The normalized spacial score (nSPS) is 13.9. The number of nitro groups is 1. The van der Waals surface area contributed by atoms with Crippen molar-refractivity contribution in [2.24, 2.45) is 4.99 Å². The molecule has 1 aliphatic heterocycles. The monoisotopic (exact) mass is 528 g/mol. The highest BCUT2D eigenvalue weighted by molar-refractivity contribution is 6.32. The SMILES string of the molecule is CCOc1cc(/C=C2\N=C(c3ccc4ccccc4c3)OC2=O)cc(Cl)c1OCc1cccc([N+](=O)[O-])c1. The highest BCUT2D eigenvalue weighted by atomic mass is 35.5. The molecule has 38 heavy (non-hydrogen) atoms. The first kappa shape index (κ1) is 25.0. The van der Waals surface area contributed by atoms with Crippen LogP contribution in [0, 0.1) is 10.1 Å². The van der Waals surface area contributed by atoms with E-state index in [1.54, 1.807) is 30.3 Å². The van der Waals surface area contributed by atoms with E-state index >= 15 is 0 Å². The van der Waals surface area contributed by atoms with E-state index in [1.807, 2.05) is 49.4 Å². The quantitative estimate of drug-likeness (QED) is 0.109. The molecule has 1 heterocycles. The fourth-order valence-electron chi connectivity index (χ4n) is 4.00. The van der Waals surface area contributed by atoms with Crippen molar-refractivity contribution in [3.05, 3.63) is 116 Å². The number of esters is 1. The number of ether oxygens (including phenoxy) is 3. The van der Waals surface area contributed by atoms with Gasteiger partial charge in [-0.1, -0.05) is 54.1 Å². The van der Waals surface area contributed by atoms with Crippen LogP contribution >= 0.6 is 11.6 Å². The van der Waals surface area contributed by atoms with Gasteiger partial charge in [0.15, 0.2) is 17.2 Å². The number of fused-ring (bicyclic) bond motifs is 1. The van der Waals surface area contributed by atoms with Crippen molar-refractivity contribution in [1.29, 1.82) is 0 Å². The third-order valence-electron chi connectivity index (χ3n) is 5.76. The molecule has 0 radical (unpaired) electrons. The molecule has 0 aliphatic carbocycles. The van der Waals surface area contributed by atoms with Crippen LogP contribution in [0.2, 0.25) is 5.02 Å². The molecule has 8 nitrogen and oxygen atoms in total. The number of nitro benzene ring substituents is 1. The number of hydrogen-bond donors (Lipinski definition) is 0. The van der Waals surface area contributed by atoms with Crippen LogP contribution in [-0.4, -0.2) is 23.4 Å². The molecule has 0 fully saturated rings. The first-order chi connectivity index (χ1) is 18.4. The maximum atomic E-state index is 12.6. The minimum Gasteiger partial charge on any atom is -0.490 e. The summed E-state index contributed by atoms with van der Waals surface area (Å²) in [6, 6.07) is 23.1. The zero-order chi connectivity index (χ0) is 26.6. The van der Waals surface area contributed by atoms with E-state index in [0.717, 1.165) is 10.8 Å². The van der Waals surface area contributed by atoms with Crippen molar-refractivity contribution in [3.8, 4) is 11.5 Å². The van der Waals surface area contributed by atoms with Crippen LogP contribution in [0.15, 0.2) is 89.6 Å². The topological polar surface area (TPSA) is 100 Å². The predicted molar refractivity (Wildman–Crippen MR) is 145 cm³/mol. The second-order valence-corrected chi connectivity index (χ2v) is 8.78. The zero-order valence-corrected chi connectivity index (χ0v) is 21.0. The third-order valence-corrected chi connectivity index (χ3v) is 6.04. The van der Waals surface area contributed by atoms with Gasteiger partial charge in [-0.3, -0.25) is 10.1 Å². The van der Waals surface area contributed by atoms with Crippen LogP contribution in [0.5, 0.6) is 11.5 Å². The van der Waals surface area contributed by atoms with Crippen molar-refractivity contribution < 1.29 is 23.9 Å². The summed E-state index contributed by atoms with van der Waals surface area (Å²) in [5, 5.41) is 13.4. The molecule has 9 heteroatoms. The maximum Gasteiger partial charge on any atom is 0.363 e. The van der Waals surface area contributed by atoms with Gasteiger partial charge in [0, 0.05) is 17.7 Å².